The number of rotatable bonds is 6. The number of amides is 1. The summed E-state index contributed by atoms with van der Waals surface area (Å²) in [6.45, 7) is 2.27. The van der Waals surface area contributed by atoms with Gasteiger partial charge in [-0.05, 0) is 31.2 Å². The number of fused-ring (bicyclic) bond motifs is 1. The first-order chi connectivity index (χ1) is 14.5. The van der Waals surface area contributed by atoms with E-state index in [1.54, 1.807) is 55.6 Å². The Bertz CT molecular complexity index is 1310. The maximum absolute atomic E-state index is 12.8. The summed E-state index contributed by atoms with van der Waals surface area (Å²) in [4.78, 5) is 36.4. The molecule has 152 valence electrons. The van der Waals surface area contributed by atoms with Gasteiger partial charge in [-0.1, -0.05) is 24.3 Å². The lowest BCUT2D eigenvalue weighted by Gasteiger charge is -2.11. The van der Waals surface area contributed by atoms with Crippen LogP contribution in [0.3, 0.4) is 0 Å². The standard InChI is InChI=1S/C21H19N5O4/c1-3-30-15-10-5-4-9-14(15)26-20-17(24-21(26)28)16(18(22)27)23-19(25-20)12-7-6-8-13(11-12)29-2/h4-11H,3H2,1-2H3,(H2,22,27)(H,24,28). The van der Waals surface area contributed by atoms with E-state index in [4.69, 9.17) is 15.2 Å². The van der Waals surface area contributed by atoms with Gasteiger partial charge in [0.05, 0.1) is 19.4 Å². The van der Waals surface area contributed by atoms with Crippen LogP contribution in [0.1, 0.15) is 17.4 Å². The van der Waals surface area contributed by atoms with Gasteiger partial charge in [-0.15, -0.1) is 0 Å². The maximum atomic E-state index is 12.8. The highest BCUT2D eigenvalue weighted by atomic mass is 16.5. The Hall–Kier alpha value is -4.14. The quantitative estimate of drug-likeness (QED) is 0.507. The second-order valence-corrected chi connectivity index (χ2v) is 6.36. The fourth-order valence-electron chi connectivity index (χ4n) is 3.20. The zero-order valence-corrected chi connectivity index (χ0v) is 16.4. The summed E-state index contributed by atoms with van der Waals surface area (Å²) >= 11 is 0. The first kappa shape index (κ1) is 19.2. The number of primary amides is 1. The van der Waals surface area contributed by atoms with Gasteiger partial charge < -0.3 is 20.2 Å². The molecule has 2 heterocycles. The SMILES string of the molecule is CCOc1ccccc1-n1c(=O)[nH]c2c(C(N)=O)nc(-c3cccc(OC)c3)nc21. The first-order valence-electron chi connectivity index (χ1n) is 9.22. The maximum Gasteiger partial charge on any atom is 0.332 e. The monoisotopic (exact) mass is 405 g/mol. The van der Waals surface area contributed by atoms with Gasteiger partial charge in [0.25, 0.3) is 5.91 Å². The van der Waals surface area contributed by atoms with Crippen LogP contribution in [0.2, 0.25) is 0 Å². The van der Waals surface area contributed by atoms with Gasteiger partial charge in [-0.25, -0.2) is 19.3 Å². The van der Waals surface area contributed by atoms with E-state index in [0.29, 0.717) is 29.4 Å². The van der Waals surface area contributed by atoms with E-state index in [1.807, 2.05) is 6.92 Å². The zero-order valence-electron chi connectivity index (χ0n) is 16.4. The highest BCUT2D eigenvalue weighted by molar-refractivity contribution is 6.02. The smallest absolute Gasteiger partial charge is 0.332 e. The summed E-state index contributed by atoms with van der Waals surface area (Å²) in [7, 11) is 1.55. The lowest BCUT2D eigenvalue weighted by Crippen LogP contribution is -2.16. The third-order valence-corrected chi connectivity index (χ3v) is 4.50. The molecule has 3 N–H and O–H groups in total. The fourth-order valence-corrected chi connectivity index (χ4v) is 3.20. The van der Waals surface area contributed by atoms with E-state index in [-0.39, 0.29) is 22.7 Å². The van der Waals surface area contributed by atoms with E-state index in [0.717, 1.165) is 0 Å². The van der Waals surface area contributed by atoms with Gasteiger partial charge in [-0.3, -0.25) is 4.79 Å². The van der Waals surface area contributed by atoms with Crippen molar-refractivity contribution in [3.8, 4) is 28.6 Å². The van der Waals surface area contributed by atoms with Crippen LogP contribution in [0.15, 0.2) is 53.3 Å². The zero-order chi connectivity index (χ0) is 21.3. The summed E-state index contributed by atoms with van der Waals surface area (Å²) in [5.74, 6) is 0.560. The number of carbonyl (C=O) groups is 1. The Morgan fingerprint density at radius 3 is 2.70 bits per heavy atom. The normalized spacial score (nSPS) is 10.9. The van der Waals surface area contributed by atoms with E-state index in [2.05, 4.69) is 15.0 Å². The highest BCUT2D eigenvalue weighted by Crippen LogP contribution is 2.27. The van der Waals surface area contributed by atoms with Crippen LogP contribution in [0, 0.1) is 0 Å². The second kappa shape index (κ2) is 7.70. The molecule has 2 aromatic heterocycles. The van der Waals surface area contributed by atoms with Gasteiger partial charge >= 0.3 is 5.69 Å². The van der Waals surface area contributed by atoms with Gasteiger partial charge in [-0.2, -0.15) is 0 Å². The predicted molar refractivity (Wildman–Crippen MR) is 111 cm³/mol. The van der Waals surface area contributed by atoms with Crippen molar-refractivity contribution in [2.24, 2.45) is 5.73 Å². The van der Waals surface area contributed by atoms with Gasteiger partial charge in [0, 0.05) is 5.56 Å². The summed E-state index contributed by atoms with van der Waals surface area (Å²) in [5.41, 5.74) is 6.45. The van der Waals surface area contributed by atoms with Crippen molar-refractivity contribution < 1.29 is 14.3 Å². The van der Waals surface area contributed by atoms with Crippen LogP contribution in [0.5, 0.6) is 11.5 Å². The molecule has 0 aliphatic heterocycles. The van der Waals surface area contributed by atoms with Crippen molar-refractivity contribution in [3.63, 3.8) is 0 Å². The van der Waals surface area contributed by atoms with Crippen molar-refractivity contribution in [2.75, 3.05) is 13.7 Å². The molecule has 2 aromatic carbocycles. The number of para-hydroxylation sites is 2. The van der Waals surface area contributed by atoms with Crippen LogP contribution in [0.4, 0.5) is 0 Å². The van der Waals surface area contributed by atoms with Gasteiger partial charge in [0.1, 0.15) is 17.0 Å². The number of methoxy groups -OCH3 is 1. The number of hydrogen-bond donors (Lipinski definition) is 2. The molecule has 0 unspecified atom stereocenters. The average Bonchev–Trinajstić information content (AvgIpc) is 3.09. The van der Waals surface area contributed by atoms with E-state index in [1.165, 1.54) is 4.57 Å². The molecule has 9 heteroatoms. The van der Waals surface area contributed by atoms with E-state index >= 15 is 0 Å². The number of nitrogens with zero attached hydrogens (tertiary/aromatic N) is 3. The lowest BCUT2D eigenvalue weighted by atomic mass is 10.2. The lowest BCUT2D eigenvalue weighted by molar-refractivity contribution is 0.0997. The summed E-state index contributed by atoms with van der Waals surface area (Å²) in [6.07, 6.45) is 0. The van der Waals surface area contributed by atoms with Crippen molar-refractivity contribution in [1.29, 1.82) is 0 Å². The van der Waals surface area contributed by atoms with Crippen molar-refractivity contribution >= 4 is 17.1 Å². The number of aromatic amines is 1. The first-order valence-corrected chi connectivity index (χ1v) is 9.22. The molecule has 9 nitrogen and oxygen atoms in total. The molecule has 0 aliphatic carbocycles. The van der Waals surface area contributed by atoms with Crippen LogP contribution < -0.4 is 20.9 Å². The van der Waals surface area contributed by atoms with Crippen LogP contribution in [-0.2, 0) is 0 Å². The number of benzene rings is 2. The molecule has 0 saturated carbocycles. The van der Waals surface area contributed by atoms with Gasteiger partial charge in [0.2, 0.25) is 0 Å². The minimum absolute atomic E-state index is 0.0810. The van der Waals surface area contributed by atoms with Crippen molar-refractivity contribution in [1.82, 2.24) is 19.5 Å². The number of nitrogens with two attached hydrogens (primary N) is 1. The Labute approximate surface area is 171 Å². The number of hydrogen-bond acceptors (Lipinski definition) is 6. The summed E-state index contributed by atoms with van der Waals surface area (Å²) in [6, 6.07) is 14.1. The molecule has 0 atom stereocenters. The van der Waals surface area contributed by atoms with Crippen LogP contribution in [0.25, 0.3) is 28.2 Å². The van der Waals surface area contributed by atoms with E-state index < -0.39 is 11.6 Å². The van der Waals surface area contributed by atoms with Crippen LogP contribution in [-0.4, -0.2) is 39.1 Å². The third kappa shape index (κ3) is 3.26. The molecule has 30 heavy (non-hydrogen) atoms. The Morgan fingerprint density at radius 1 is 1.17 bits per heavy atom. The molecule has 4 rings (SSSR count). The topological polar surface area (TPSA) is 125 Å². The minimum atomic E-state index is -0.780. The Balaban J connectivity index is 2.04. The number of aromatic nitrogens is 4. The van der Waals surface area contributed by atoms with Gasteiger partial charge in [0.15, 0.2) is 17.2 Å². The molecule has 0 spiro atoms. The predicted octanol–water partition coefficient (Wildman–Crippen LogP) is 2.28. The molecule has 1 amide bonds. The molecular formula is C21H19N5O4. The number of nitrogens with one attached hydrogen (secondary N) is 1. The molecule has 0 radical (unpaired) electrons. The van der Waals surface area contributed by atoms with Crippen molar-refractivity contribution in [3.05, 3.63) is 64.7 Å². The number of imidazole rings is 1. The summed E-state index contributed by atoms with van der Waals surface area (Å²) < 4.78 is 12.3. The van der Waals surface area contributed by atoms with Crippen LogP contribution >= 0.6 is 0 Å². The second-order valence-electron chi connectivity index (χ2n) is 6.36. The summed E-state index contributed by atoms with van der Waals surface area (Å²) in [5, 5.41) is 0. The molecular weight excluding hydrogens is 386 g/mol. The highest BCUT2D eigenvalue weighted by Gasteiger charge is 2.21. The molecule has 4 aromatic rings. The van der Waals surface area contributed by atoms with Crippen molar-refractivity contribution in [2.45, 2.75) is 6.92 Å². The molecule has 0 saturated heterocycles. The average molecular weight is 405 g/mol. The molecule has 0 bridgehead atoms. The largest absolute Gasteiger partial charge is 0.497 e. The Morgan fingerprint density at radius 2 is 1.97 bits per heavy atom. The molecule has 0 aliphatic rings. The minimum Gasteiger partial charge on any atom is -0.497 e. The molecule has 0 fully saturated rings. The van der Waals surface area contributed by atoms with E-state index in [9.17, 15) is 9.59 Å². The number of ether oxygens (including phenoxy) is 2. The third-order valence-electron chi connectivity index (χ3n) is 4.50. The Kier molecular flexibility index (Phi) is 4.93. The fraction of sp³-hybridized carbons (Fsp3) is 0.143. The number of carbonyl (C=O) groups excluding carboxylic acids is 1. The number of H-pyrrole nitrogens is 1.